The largest absolute Gasteiger partial charge is 0.477 e. The highest BCUT2D eigenvalue weighted by Gasteiger charge is 2.11. The number of halogens is 2. The molecule has 0 amide bonds. The van der Waals surface area contributed by atoms with Gasteiger partial charge in [-0.1, -0.05) is 17.7 Å². The van der Waals surface area contributed by atoms with Gasteiger partial charge in [-0.05, 0) is 45.0 Å². The van der Waals surface area contributed by atoms with E-state index in [1.807, 2.05) is 0 Å². The van der Waals surface area contributed by atoms with Crippen molar-refractivity contribution in [3.05, 3.63) is 29.8 Å². The van der Waals surface area contributed by atoms with Gasteiger partial charge in [-0.25, -0.2) is 4.79 Å². The molecule has 0 atom stereocenters. The number of carboxylic acid groups (broad SMARTS) is 1. The van der Waals surface area contributed by atoms with E-state index in [0.29, 0.717) is 6.04 Å². The first-order valence-electron chi connectivity index (χ1n) is 6.54. The molecular formula is C14H20F2N2O2. The van der Waals surface area contributed by atoms with E-state index in [9.17, 15) is 8.78 Å². The van der Waals surface area contributed by atoms with Gasteiger partial charge in [0.25, 0.3) is 0 Å². The smallest absolute Gasteiger partial charge is 0.371 e. The van der Waals surface area contributed by atoms with E-state index in [4.69, 9.17) is 9.90 Å². The molecule has 1 aromatic rings. The van der Waals surface area contributed by atoms with Crippen LogP contribution in [0.3, 0.4) is 0 Å². The molecule has 3 N–H and O–H groups in total. The molecule has 0 spiro atoms. The van der Waals surface area contributed by atoms with Gasteiger partial charge in [0.1, 0.15) is 0 Å². The van der Waals surface area contributed by atoms with Gasteiger partial charge in [-0.15, -0.1) is 0 Å². The molecule has 1 heterocycles. The summed E-state index contributed by atoms with van der Waals surface area (Å²) in [6.45, 7) is 4.40. The topological polar surface area (TPSA) is 61.4 Å². The quantitative estimate of drug-likeness (QED) is 0.799. The number of rotatable bonds is 3. The first-order valence-corrected chi connectivity index (χ1v) is 6.54. The number of aliphatic carboxylic acids is 1. The number of alkyl halides is 2. The Morgan fingerprint density at radius 1 is 1.30 bits per heavy atom. The lowest BCUT2D eigenvalue weighted by atomic mass is 10.1. The minimum Gasteiger partial charge on any atom is -0.477 e. The Morgan fingerprint density at radius 2 is 1.80 bits per heavy atom. The second-order valence-corrected chi connectivity index (χ2v) is 4.67. The van der Waals surface area contributed by atoms with Crippen molar-refractivity contribution in [1.29, 1.82) is 0 Å². The maximum atomic E-state index is 10.6. The van der Waals surface area contributed by atoms with E-state index in [0.717, 1.165) is 13.1 Å². The van der Waals surface area contributed by atoms with E-state index in [2.05, 4.69) is 41.8 Å². The second-order valence-electron chi connectivity index (χ2n) is 4.67. The van der Waals surface area contributed by atoms with Crippen molar-refractivity contribution < 1.29 is 18.7 Å². The number of benzene rings is 1. The SMILES string of the molecule is Cc1ccc(NC2CCNCC2)cc1.O=C(O)C(F)F. The van der Waals surface area contributed by atoms with Crippen LogP contribution in [0.1, 0.15) is 18.4 Å². The van der Waals surface area contributed by atoms with Crippen LogP contribution in [0, 0.1) is 6.92 Å². The Bertz CT molecular complexity index is 404. The average Bonchev–Trinajstić information content (AvgIpc) is 2.43. The van der Waals surface area contributed by atoms with Gasteiger partial charge < -0.3 is 15.7 Å². The second kappa shape index (κ2) is 8.47. The summed E-state index contributed by atoms with van der Waals surface area (Å²) in [5, 5.41) is 14.2. The van der Waals surface area contributed by atoms with Gasteiger partial charge >= 0.3 is 12.4 Å². The molecule has 0 aliphatic carbocycles. The van der Waals surface area contributed by atoms with Crippen LogP contribution in [0.5, 0.6) is 0 Å². The fourth-order valence-electron chi connectivity index (χ4n) is 1.85. The van der Waals surface area contributed by atoms with Gasteiger partial charge in [-0.3, -0.25) is 0 Å². The van der Waals surface area contributed by atoms with Gasteiger partial charge in [0.15, 0.2) is 0 Å². The summed E-state index contributed by atoms with van der Waals surface area (Å²) in [6.07, 6.45) is -0.771. The summed E-state index contributed by atoms with van der Waals surface area (Å²) >= 11 is 0. The number of aryl methyl sites for hydroxylation is 1. The lowest BCUT2D eigenvalue weighted by Gasteiger charge is -2.24. The molecule has 1 aliphatic heterocycles. The predicted octanol–water partition coefficient (Wildman–Crippen LogP) is 2.50. The summed E-state index contributed by atoms with van der Waals surface area (Å²) in [7, 11) is 0. The number of nitrogens with one attached hydrogen (secondary N) is 2. The van der Waals surface area contributed by atoms with Crippen LogP contribution >= 0.6 is 0 Å². The molecule has 1 saturated heterocycles. The van der Waals surface area contributed by atoms with Crippen molar-refractivity contribution in [2.45, 2.75) is 32.2 Å². The average molecular weight is 286 g/mol. The molecule has 2 rings (SSSR count). The lowest BCUT2D eigenvalue weighted by Crippen LogP contribution is -2.35. The van der Waals surface area contributed by atoms with Crippen LogP contribution in [0.4, 0.5) is 14.5 Å². The highest BCUT2D eigenvalue weighted by Crippen LogP contribution is 2.13. The number of hydrogen-bond acceptors (Lipinski definition) is 3. The standard InChI is InChI=1S/C12H18N2.C2H2F2O2/c1-10-2-4-11(5-3-10)14-12-6-8-13-9-7-12;3-1(4)2(5)6/h2-5,12-14H,6-9H2,1H3;1H,(H,5,6). The van der Waals surface area contributed by atoms with Gasteiger partial charge in [0, 0.05) is 11.7 Å². The highest BCUT2D eigenvalue weighted by atomic mass is 19.3. The lowest BCUT2D eigenvalue weighted by molar-refractivity contribution is -0.149. The van der Waals surface area contributed by atoms with Crippen LogP contribution in [0.25, 0.3) is 0 Å². The normalized spacial score (nSPS) is 15.4. The molecule has 20 heavy (non-hydrogen) atoms. The minimum atomic E-state index is -3.23. The Kier molecular flexibility index (Phi) is 6.93. The van der Waals surface area contributed by atoms with E-state index in [1.165, 1.54) is 24.1 Å². The van der Waals surface area contributed by atoms with Crippen LogP contribution in [-0.2, 0) is 4.79 Å². The van der Waals surface area contributed by atoms with E-state index < -0.39 is 12.4 Å². The number of hydrogen-bond donors (Lipinski definition) is 3. The molecule has 0 saturated carbocycles. The first-order chi connectivity index (χ1) is 9.49. The zero-order valence-electron chi connectivity index (χ0n) is 11.4. The van der Waals surface area contributed by atoms with Crippen LogP contribution in [0.2, 0.25) is 0 Å². The Hall–Kier alpha value is -1.69. The maximum absolute atomic E-state index is 10.6. The molecule has 6 heteroatoms. The fraction of sp³-hybridized carbons (Fsp3) is 0.500. The molecule has 0 unspecified atom stereocenters. The van der Waals surface area contributed by atoms with Crippen molar-refractivity contribution in [3.63, 3.8) is 0 Å². The summed E-state index contributed by atoms with van der Waals surface area (Å²) in [5.41, 5.74) is 2.57. The molecule has 112 valence electrons. The molecule has 1 fully saturated rings. The summed E-state index contributed by atoms with van der Waals surface area (Å²) in [5.74, 6) is -2.07. The summed E-state index contributed by atoms with van der Waals surface area (Å²) in [6, 6.07) is 9.29. The summed E-state index contributed by atoms with van der Waals surface area (Å²) in [4.78, 5) is 8.95. The highest BCUT2D eigenvalue weighted by molar-refractivity contribution is 5.70. The van der Waals surface area contributed by atoms with Crippen molar-refractivity contribution in [2.75, 3.05) is 18.4 Å². The van der Waals surface area contributed by atoms with E-state index in [1.54, 1.807) is 0 Å². The molecule has 0 bridgehead atoms. The Morgan fingerprint density at radius 3 is 2.25 bits per heavy atom. The molecule has 0 aromatic heterocycles. The van der Waals surface area contributed by atoms with Crippen LogP contribution < -0.4 is 10.6 Å². The molecular weight excluding hydrogens is 266 g/mol. The van der Waals surface area contributed by atoms with Crippen molar-refractivity contribution >= 4 is 11.7 Å². The third-order valence-electron chi connectivity index (χ3n) is 2.95. The van der Waals surface area contributed by atoms with E-state index in [-0.39, 0.29) is 0 Å². The first kappa shape index (κ1) is 16.4. The molecule has 1 aromatic carbocycles. The maximum Gasteiger partial charge on any atom is 0.371 e. The number of carboxylic acids is 1. The van der Waals surface area contributed by atoms with Crippen molar-refractivity contribution in [3.8, 4) is 0 Å². The number of carbonyl (C=O) groups is 1. The summed E-state index contributed by atoms with van der Waals surface area (Å²) < 4.78 is 21.1. The zero-order chi connectivity index (χ0) is 15.0. The Balaban J connectivity index is 0.000000286. The van der Waals surface area contributed by atoms with Gasteiger partial charge in [0.2, 0.25) is 0 Å². The number of anilines is 1. The monoisotopic (exact) mass is 286 g/mol. The van der Waals surface area contributed by atoms with Crippen LogP contribution in [-0.4, -0.2) is 36.6 Å². The zero-order valence-corrected chi connectivity index (χ0v) is 11.4. The van der Waals surface area contributed by atoms with Crippen molar-refractivity contribution in [2.24, 2.45) is 0 Å². The molecule has 1 aliphatic rings. The molecule has 4 nitrogen and oxygen atoms in total. The van der Waals surface area contributed by atoms with Gasteiger partial charge in [0.05, 0.1) is 0 Å². The van der Waals surface area contributed by atoms with E-state index >= 15 is 0 Å². The third-order valence-corrected chi connectivity index (χ3v) is 2.95. The Labute approximate surface area is 117 Å². The predicted molar refractivity (Wildman–Crippen MR) is 74.3 cm³/mol. The van der Waals surface area contributed by atoms with Crippen molar-refractivity contribution in [1.82, 2.24) is 5.32 Å². The minimum absolute atomic E-state index is 0.652. The number of piperidine rings is 1. The van der Waals surface area contributed by atoms with Crippen LogP contribution in [0.15, 0.2) is 24.3 Å². The van der Waals surface area contributed by atoms with Gasteiger partial charge in [-0.2, -0.15) is 8.78 Å². The molecule has 0 radical (unpaired) electrons. The third kappa shape index (κ3) is 6.47. The fourth-order valence-corrected chi connectivity index (χ4v) is 1.85.